The fourth-order valence-electron chi connectivity index (χ4n) is 13.8. The van der Waals surface area contributed by atoms with Crippen LogP contribution < -0.4 is 26.2 Å². The quantitative estimate of drug-likeness (QED) is 0.160. The summed E-state index contributed by atoms with van der Waals surface area (Å²) in [6, 6.07) is 28.2. The molecule has 0 N–H and O–H groups in total. The summed E-state index contributed by atoms with van der Waals surface area (Å²) in [7, 11) is 0. The van der Waals surface area contributed by atoms with E-state index < -0.39 is 0 Å². The molecule has 2 heterocycles. The zero-order valence-corrected chi connectivity index (χ0v) is 42.4. The van der Waals surface area contributed by atoms with Gasteiger partial charge in [-0.1, -0.05) is 134 Å². The minimum absolute atomic E-state index is 0.00109. The minimum atomic E-state index is 0.00109. The molecule has 0 spiro atoms. The highest BCUT2D eigenvalue weighted by Gasteiger charge is 2.49. The molecule has 0 bridgehead atoms. The highest BCUT2D eigenvalue weighted by atomic mass is 15.2. The van der Waals surface area contributed by atoms with Crippen LogP contribution in [0.2, 0.25) is 0 Å². The summed E-state index contributed by atoms with van der Waals surface area (Å²) in [6.45, 7) is 44.1. The fraction of sp³-hybridized carbons (Fsp3) is 0.500. The van der Waals surface area contributed by atoms with Gasteiger partial charge in [-0.3, -0.25) is 0 Å². The first kappa shape index (κ1) is 42.7. The van der Waals surface area contributed by atoms with Crippen LogP contribution in [0.5, 0.6) is 0 Å². The summed E-state index contributed by atoms with van der Waals surface area (Å²) in [6.07, 6.45) is 5.95. The SMILES string of the molecule is Cc1cc2c3c(c1)N(c1ccc4c(c1C)C(C)(C)CCC4(C)C)c1ccc(C(C)(C)C)cc1B3c1cc3c(cc1N2c1cc2c(cc1C)C(C)(C)CC2(C)C)C(C)(C)CCC3(C)C. The van der Waals surface area contributed by atoms with E-state index in [9.17, 15) is 0 Å². The number of nitrogens with zero attached hydrogens (tertiary/aromatic N) is 2. The van der Waals surface area contributed by atoms with Gasteiger partial charge < -0.3 is 9.80 Å². The number of anilines is 6. The monoisotopic (exact) mass is 835 g/mol. The first-order valence-corrected chi connectivity index (χ1v) is 24.4. The Kier molecular flexibility index (Phi) is 8.80. The van der Waals surface area contributed by atoms with Gasteiger partial charge in [-0.25, -0.2) is 0 Å². The van der Waals surface area contributed by atoms with Crippen molar-refractivity contribution in [2.75, 3.05) is 9.80 Å². The summed E-state index contributed by atoms with van der Waals surface area (Å²) in [5.41, 5.74) is 27.6. The van der Waals surface area contributed by atoms with E-state index in [4.69, 9.17) is 0 Å². The maximum Gasteiger partial charge on any atom is 0.252 e. The van der Waals surface area contributed by atoms with Crippen molar-refractivity contribution in [1.82, 2.24) is 0 Å². The smallest absolute Gasteiger partial charge is 0.252 e. The number of aryl methyl sites for hydroxylation is 2. The molecular formula is C60H75BN2. The van der Waals surface area contributed by atoms with Crippen molar-refractivity contribution in [3.8, 4) is 0 Å². The highest BCUT2D eigenvalue weighted by Crippen LogP contribution is 2.56. The van der Waals surface area contributed by atoms with E-state index in [1.807, 2.05) is 0 Å². The Labute approximate surface area is 382 Å². The predicted molar refractivity (Wildman–Crippen MR) is 275 cm³/mol. The number of hydrogen-bond acceptors (Lipinski definition) is 2. The molecule has 5 aromatic carbocycles. The fourth-order valence-corrected chi connectivity index (χ4v) is 13.8. The van der Waals surface area contributed by atoms with Crippen LogP contribution in [-0.2, 0) is 37.9 Å². The lowest BCUT2D eigenvalue weighted by atomic mass is 9.33. The largest absolute Gasteiger partial charge is 0.311 e. The van der Waals surface area contributed by atoms with Gasteiger partial charge in [0.05, 0.1) is 0 Å². The Bertz CT molecular complexity index is 2800. The Morgan fingerprint density at radius 1 is 0.444 bits per heavy atom. The molecule has 0 amide bonds. The third-order valence-corrected chi connectivity index (χ3v) is 17.4. The van der Waals surface area contributed by atoms with Gasteiger partial charge in [0.1, 0.15) is 0 Å². The number of rotatable bonds is 2. The van der Waals surface area contributed by atoms with Gasteiger partial charge in [0.2, 0.25) is 0 Å². The first-order chi connectivity index (χ1) is 29.1. The molecule has 0 atom stereocenters. The molecule has 0 radical (unpaired) electrons. The zero-order valence-electron chi connectivity index (χ0n) is 42.4. The highest BCUT2D eigenvalue weighted by molar-refractivity contribution is 7.00. The van der Waals surface area contributed by atoms with Crippen molar-refractivity contribution in [3.05, 3.63) is 122 Å². The molecule has 328 valence electrons. The van der Waals surface area contributed by atoms with Crippen molar-refractivity contribution in [1.29, 1.82) is 0 Å². The van der Waals surface area contributed by atoms with E-state index in [0.29, 0.717) is 0 Å². The van der Waals surface area contributed by atoms with Gasteiger partial charge in [0.25, 0.3) is 6.71 Å². The number of benzene rings is 5. The van der Waals surface area contributed by atoms with Gasteiger partial charge in [0, 0.05) is 34.1 Å². The van der Waals surface area contributed by atoms with Crippen LogP contribution in [0.15, 0.2) is 66.7 Å². The van der Waals surface area contributed by atoms with Crippen molar-refractivity contribution in [2.45, 2.75) is 195 Å². The van der Waals surface area contributed by atoms with E-state index in [1.165, 1.54) is 126 Å². The van der Waals surface area contributed by atoms with Crippen LogP contribution in [0.1, 0.15) is 192 Å². The van der Waals surface area contributed by atoms with E-state index >= 15 is 0 Å². The standard InChI is InChI=1S/C60H75BN2/c1-35-27-50-53-51(28-35)63(48-32-43-40(29-36(48)2)59(15,16)34-60(43,17)18)49-33-42-41(56(9,10)23-24-57(42,11)12)31-45(49)61(53)44-30-38(54(4,5)6)19-21-47(44)62(50)46-22-20-39-52(37(46)3)58(13,14)26-25-55(39,7)8/h19-22,27-33H,23-26,34H2,1-18H3. The Morgan fingerprint density at radius 2 is 0.921 bits per heavy atom. The Hall–Kier alpha value is -4.24. The average molecular weight is 835 g/mol. The molecule has 3 heteroatoms. The molecule has 2 nitrogen and oxygen atoms in total. The lowest BCUT2D eigenvalue weighted by molar-refractivity contribution is 0.330. The molecule has 5 aromatic rings. The van der Waals surface area contributed by atoms with Gasteiger partial charge >= 0.3 is 0 Å². The van der Waals surface area contributed by atoms with Crippen molar-refractivity contribution >= 4 is 57.2 Å². The second-order valence-corrected chi connectivity index (χ2v) is 26.1. The second kappa shape index (κ2) is 13.0. The van der Waals surface area contributed by atoms with Crippen LogP contribution in [-0.4, -0.2) is 6.71 Å². The third-order valence-electron chi connectivity index (χ3n) is 17.4. The first-order valence-electron chi connectivity index (χ1n) is 24.4. The normalized spacial score (nSPS) is 21.2. The summed E-state index contributed by atoms with van der Waals surface area (Å²) >= 11 is 0. The van der Waals surface area contributed by atoms with Gasteiger partial charge in [-0.05, 0) is 199 Å². The Balaban J connectivity index is 1.34. The zero-order chi connectivity index (χ0) is 45.5. The van der Waals surface area contributed by atoms with Crippen LogP contribution in [0.3, 0.4) is 0 Å². The second-order valence-electron chi connectivity index (χ2n) is 26.1. The molecule has 0 fully saturated rings. The van der Waals surface area contributed by atoms with Gasteiger partial charge in [0.15, 0.2) is 0 Å². The molecule has 0 saturated carbocycles. The molecule has 5 aliphatic rings. The van der Waals surface area contributed by atoms with Gasteiger partial charge in [-0.15, -0.1) is 0 Å². The van der Waals surface area contributed by atoms with Crippen molar-refractivity contribution in [2.24, 2.45) is 0 Å². The van der Waals surface area contributed by atoms with E-state index in [-0.39, 0.29) is 44.6 Å². The summed E-state index contributed by atoms with van der Waals surface area (Å²) in [5, 5.41) is 0. The minimum Gasteiger partial charge on any atom is -0.311 e. The molecule has 0 aromatic heterocycles. The summed E-state index contributed by atoms with van der Waals surface area (Å²) < 4.78 is 0. The van der Waals surface area contributed by atoms with E-state index in [0.717, 1.165) is 6.42 Å². The molecule has 0 unspecified atom stereocenters. The average Bonchev–Trinajstić information content (AvgIpc) is 3.35. The molecule has 2 aliphatic heterocycles. The van der Waals surface area contributed by atoms with E-state index in [1.54, 1.807) is 5.56 Å². The summed E-state index contributed by atoms with van der Waals surface area (Å²) in [5.74, 6) is 0. The molecule has 0 saturated heterocycles. The third kappa shape index (κ3) is 6.09. The lowest BCUT2D eigenvalue weighted by Crippen LogP contribution is -2.62. The summed E-state index contributed by atoms with van der Waals surface area (Å²) in [4.78, 5) is 5.45. The maximum atomic E-state index is 2.74. The van der Waals surface area contributed by atoms with Crippen LogP contribution in [0.25, 0.3) is 0 Å². The lowest BCUT2D eigenvalue weighted by Gasteiger charge is -2.48. The number of hydrogen-bond donors (Lipinski definition) is 0. The van der Waals surface area contributed by atoms with Crippen LogP contribution >= 0.6 is 0 Å². The van der Waals surface area contributed by atoms with Gasteiger partial charge in [-0.2, -0.15) is 0 Å². The predicted octanol–water partition coefficient (Wildman–Crippen LogP) is 14.6. The molecule has 10 rings (SSSR count). The van der Waals surface area contributed by atoms with Crippen LogP contribution in [0.4, 0.5) is 34.1 Å². The van der Waals surface area contributed by atoms with Crippen molar-refractivity contribution in [3.63, 3.8) is 0 Å². The van der Waals surface area contributed by atoms with Crippen molar-refractivity contribution < 1.29 is 0 Å². The Morgan fingerprint density at radius 3 is 1.52 bits per heavy atom. The number of fused-ring (bicyclic) bond motifs is 7. The van der Waals surface area contributed by atoms with Crippen LogP contribution in [0, 0.1) is 20.8 Å². The molecular weight excluding hydrogens is 759 g/mol. The molecule has 3 aliphatic carbocycles. The van der Waals surface area contributed by atoms with E-state index in [2.05, 4.69) is 201 Å². The maximum absolute atomic E-state index is 2.74. The topological polar surface area (TPSA) is 6.48 Å². The molecule has 63 heavy (non-hydrogen) atoms.